The molecule has 1 unspecified atom stereocenters. The highest BCUT2D eigenvalue weighted by molar-refractivity contribution is 5.79. The minimum absolute atomic E-state index is 0.0653. The van der Waals surface area contributed by atoms with Gasteiger partial charge in [0.15, 0.2) is 0 Å². The van der Waals surface area contributed by atoms with Gasteiger partial charge < -0.3 is 25.7 Å². The molecule has 6 nitrogen and oxygen atoms in total. The van der Waals surface area contributed by atoms with Crippen LogP contribution in [0, 0.1) is 18.8 Å². The van der Waals surface area contributed by atoms with Crippen LogP contribution in [0.25, 0.3) is 16.7 Å². The summed E-state index contributed by atoms with van der Waals surface area (Å²) in [5.74, 6) is 1.83. The maximum absolute atomic E-state index is 10.7. The number of carbonyl (C=O) groups is 1. The number of aldehydes is 1. The van der Waals surface area contributed by atoms with Crippen molar-refractivity contribution >= 4 is 28.9 Å². The molecular formula is C48H71N3O3. The van der Waals surface area contributed by atoms with Gasteiger partial charge >= 0.3 is 0 Å². The maximum atomic E-state index is 10.7. The van der Waals surface area contributed by atoms with Crippen LogP contribution in [-0.2, 0) is 0 Å². The van der Waals surface area contributed by atoms with Crippen LogP contribution in [-0.4, -0.2) is 48.1 Å². The van der Waals surface area contributed by atoms with Crippen LogP contribution >= 0.6 is 0 Å². The minimum Gasteiger partial charge on any atom is -0.507 e. The molecule has 4 N–H and O–H groups in total. The molecule has 296 valence electrons. The van der Waals surface area contributed by atoms with Crippen molar-refractivity contribution in [2.24, 2.45) is 11.8 Å². The first-order chi connectivity index (χ1) is 25.9. The van der Waals surface area contributed by atoms with Gasteiger partial charge in [-0.2, -0.15) is 0 Å². The molecule has 0 saturated carbocycles. The standard InChI is InChI=1S/C20H23NO.C13H13NO2.C13H29N.C2H6/c1-5-14(2)16(4)20-12-19(9-6-15(20)3)21-18-10-7-17(13-22)8-11-18;1-14-10-7-11(15)13(12(16)8-10)9-5-3-2-4-6-9;1-6-9-14(10-8-12(3)4)11-13(5)7-2;1-2/h6-13,21H,5H2,1-4H3;2-8,14-16H,1H3;12-13H,6-11H2,1-5H3;1-2H3/b16-14-;;;. The van der Waals surface area contributed by atoms with E-state index in [1.54, 1.807) is 19.2 Å². The number of carbonyl (C=O) groups excluding carboxylic acids is 1. The number of nitrogens with zero attached hydrogens (tertiary/aromatic N) is 1. The topological polar surface area (TPSA) is 84.8 Å². The second-order valence-corrected chi connectivity index (χ2v) is 14.2. The summed E-state index contributed by atoms with van der Waals surface area (Å²) in [6.07, 6.45) is 5.86. The molecule has 0 spiro atoms. The SMILES string of the molecule is CC.CC/C(C)=C(/C)c1cc(Nc2ccc(C=O)cc2)ccc1C.CCCN(CCC(C)C)CC(C)CC.CNc1cc(O)c(-c2ccccc2)c(O)c1. The van der Waals surface area contributed by atoms with Gasteiger partial charge in [0.1, 0.15) is 17.8 Å². The second-order valence-electron chi connectivity index (χ2n) is 14.2. The Hall–Kier alpha value is -4.55. The van der Waals surface area contributed by atoms with Gasteiger partial charge in [0, 0.05) is 48.4 Å². The van der Waals surface area contributed by atoms with E-state index < -0.39 is 0 Å². The lowest BCUT2D eigenvalue weighted by atomic mass is 9.96. The summed E-state index contributed by atoms with van der Waals surface area (Å²) in [5.41, 5.74) is 9.98. The van der Waals surface area contributed by atoms with Crippen molar-refractivity contribution in [3.8, 4) is 22.6 Å². The number of phenols is 2. The van der Waals surface area contributed by atoms with E-state index in [9.17, 15) is 15.0 Å². The number of rotatable bonds is 15. The summed E-state index contributed by atoms with van der Waals surface area (Å²) in [4.78, 5) is 13.3. The van der Waals surface area contributed by atoms with Gasteiger partial charge in [0.25, 0.3) is 0 Å². The lowest BCUT2D eigenvalue weighted by Crippen LogP contribution is -2.30. The highest BCUT2D eigenvalue weighted by Gasteiger charge is 2.11. The van der Waals surface area contributed by atoms with Gasteiger partial charge in [0.05, 0.1) is 5.56 Å². The van der Waals surface area contributed by atoms with Crippen molar-refractivity contribution in [2.45, 2.75) is 102 Å². The summed E-state index contributed by atoms with van der Waals surface area (Å²) in [7, 11) is 1.73. The first-order valence-corrected chi connectivity index (χ1v) is 20.0. The van der Waals surface area contributed by atoms with Gasteiger partial charge in [-0.15, -0.1) is 0 Å². The highest BCUT2D eigenvalue weighted by atomic mass is 16.3. The fourth-order valence-corrected chi connectivity index (χ4v) is 5.69. The molecule has 0 amide bonds. The summed E-state index contributed by atoms with van der Waals surface area (Å²) >= 11 is 0. The molecule has 0 heterocycles. The Kier molecular flexibility index (Phi) is 23.1. The third-order valence-electron chi connectivity index (χ3n) is 9.42. The number of anilines is 3. The Morgan fingerprint density at radius 2 is 1.39 bits per heavy atom. The largest absolute Gasteiger partial charge is 0.507 e. The lowest BCUT2D eigenvalue weighted by Gasteiger charge is -2.25. The van der Waals surface area contributed by atoms with Gasteiger partial charge in [-0.25, -0.2) is 0 Å². The number of allylic oxidation sites excluding steroid dienone is 2. The predicted octanol–water partition coefficient (Wildman–Crippen LogP) is 13.4. The van der Waals surface area contributed by atoms with Crippen LogP contribution in [0.4, 0.5) is 17.1 Å². The van der Waals surface area contributed by atoms with Crippen LogP contribution in [0.2, 0.25) is 0 Å². The number of benzene rings is 4. The van der Waals surface area contributed by atoms with Crippen molar-refractivity contribution in [1.29, 1.82) is 0 Å². The van der Waals surface area contributed by atoms with Crippen LogP contribution in [0.15, 0.2) is 90.5 Å². The Bertz CT molecular complexity index is 1640. The second kappa shape index (κ2) is 26.3. The first-order valence-electron chi connectivity index (χ1n) is 20.0. The monoisotopic (exact) mass is 738 g/mol. The number of aryl methyl sites for hydroxylation is 1. The quantitative estimate of drug-likeness (QED) is 0.0909. The highest BCUT2D eigenvalue weighted by Crippen LogP contribution is 2.39. The molecule has 0 aliphatic rings. The Morgan fingerprint density at radius 3 is 1.89 bits per heavy atom. The predicted molar refractivity (Wildman–Crippen MR) is 237 cm³/mol. The summed E-state index contributed by atoms with van der Waals surface area (Å²) in [6, 6.07) is 26.4. The van der Waals surface area contributed by atoms with Crippen molar-refractivity contribution < 1.29 is 15.0 Å². The smallest absolute Gasteiger partial charge is 0.150 e. The summed E-state index contributed by atoms with van der Waals surface area (Å²) < 4.78 is 0. The molecular weight excluding hydrogens is 667 g/mol. The van der Waals surface area contributed by atoms with E-state index in [2.05, 4.69) is 96.0 Å². The number of nitrogens with one attached hydrogen (secondary N) is 2. The zero-order chi connectivity index (χ0) is 40.6. The molecule has 1 atom stereocenters. The Labute approximate surface area is 328 Å². The lowest BCUT2D eigenvalue weighted by molar-refractivity contribution is 0.112. The van der Waals surface area contributed by atoms with Gasteiger partial charge in [0.2, 0.25) is 0 Å². The van der Waals surface area contributed by atoms with E-state index in [0.717, 1.165) is 41.5 Å². The zero-order valence-corrected chi connectivity index (χ0v) is 35.5. The summed E-state index contributed by atoms with van der Waals surface area (Å²) in [6.45, 7) is 28.1. The number of hydrogen-bond acceptors (Lipinski definition) is 6. The molecule has 54 heavy (non-hydrogen) atoms. The normalized spacial score (nSPS) is 11.5. The van der Waals surface area contributed by atoms with Crippen molar-refractivity contribution in [3.63, 3.8) is 0 Å². The fourth-order valence-electron chi connectivity index (χ4n) is 5.69. The van der Waals surface area contributed by atoms with Gasteiger partial charge in [-0.1, -0.05) is 104 Å². The maximum Gasteiger partial charge on any atom is 0.150 e. The molecule has 0 aromatic heterocycles. The molecule has 0 bridgehead atoms. The van der Waals surface area contributed by atoms with Crippen molar-refractivity contribution in [1.82, 2.24) is 4.90 Å². The van der Waals surface area contributed by atoms with Crippen LogP contribution in [0.5, 0.6) is 11.5 Å². The number of phenolic OH excluding ortho intramolecular Hbond substituents is 2. The Morgan fingerprint density at radius 1 is 0.796 bits per heavy atom. The fraction of sp³-hybridized carbons (Fsp3) is 0.438. The van der Waals surface area contributed by atoms with E-state index in [0.29, 0.717) is 16.8 Å². The molecule has 4 aromatic rings. The zero-order valence-electron chi connectivity index (χ0n) is 35.5. The number of hydrogen-bond donors (Lipinski definition) is 4. The van der Waals surface area contributed by atoms with E-state index >= 15 is 0 Å². The number of aromatic hydroxyl groups is 2. The van der Waals surface area contributed by atoms with Gasteiger partial charge in [-0.3, -0.25) is 4.79 Å². The summed E-state index contributed by atoms with van der Waals surface area (Å²) in [5, 5.41) is 26.0. The molecule has 0 aliphatic carbocycles. The first kappa shape index (κ1) is 47.5. The Balaban J connectivity index is 0.000000408. The van der Waals surface area contributed by atoms with Crippen LogP contribution in [0.1, 0.15) is 116 Å². The average Bonchev–Trinajstić information content (AvgIpc) is 3.18. The van der Waals surface area contributed by atoms with E-state index in [4.69, 9.17) is 0 Å². The van der Waals surface area contributed by atoms with Crippen molar-refractivity contribution in [2.75, 3.05) is 37.3 Å². The third kappa shape index (κ3) is 16.6. The molecule has 6 heteroatoms. The van der Waals surface area contributed by atoms with E-state index in [-0.39, 0.29) is 11.5 Å². The average molecular weight is 738 g/mol. The van der Waals surface area contributed by atoms with E-state index in [1.807, 2.05) is 68.4 Å². The van der Waals surface area contributed by atoms with Crippen molar-refractivity contribution in [3.05, 3.63) is 107 Å². The molecule has 0 radical (unpaired) electrons. The molecule has 4 rings (SSSR count). The van der Waals surface area contributed by atoms with Crippen LogP contribution in [0.3, 0.4) is 0 Å². The molecule has 0 saturated heterocycles. The molecule has 0 aliphatic heterocycles. The molecule has 0 fully saturated rings. The van der Waals surface area contributed by atoms with Gasteiger partial charge in [-0.05, 0) is 124 Å². The minimum atomic E-state index is 0.0653. The molecule has 4 aromatic carbocycles. The third-order valence-corrected chi connectivity index (χ3v) is 9.42. The van der Waals surface area contributed by atoms with E-state index in [1.165, 1.54) is 61.2 Å². The van der Waals surface area contributed by atoms with Crippen LogP contribution < -0.4 is 10.6 Å².